The Bertz CT molecular complexity index is 239. The van der Waals surface area contributed by atoms with E-state index in [1.54, 1.807) is 0 Å². The maximum Gasteiger partial charge on any atom is 0.339 e. The van der Waals surface area contributed by atoms with Crippen LogP contribution in [0.4, 0.5) is 0 Å². The Labute approximate surface area is 63.1 Å². The molecule has 0 aromatic heterocycles. The summed E-state index contributed by atoms with van der Waals surface area (Å²) in [5.74, 6) is -1.45. The van der Waals surface area contributed by atoms with Crippen molar-refractivity contribution in [2.75, 3.05) is 0 Å². The van der Waals surface area contributed by atoms with Crippen molar-refractivity contribution in [1.82, 2.24) is 0 Å². The zero-order valence-electron chi connectivity index (χ0n) is 5.69. The molecule has 4 heteroatoms. The molecule has 4 nitrogen and oxygen atoms in total. The first kappa shape index (κ1) is 7.81. The number of rotatable bonds is 1. The number of aliphatic hydroxyl groups is 2. The van der Waals surface area contributed by atoms with E-state index in [1.807, 2.05) is 0 Å². The van der Waals surface area contributed by atoms with E-state index in [0.29, 0.717) is 0 Å². The predicted molar refractivity (Wildman–Crippen MR) is 37.1 cm³/mol. The molecule has 0 fully saturated rings. The highest BCUT2D eigenvalue weighted by molar-refractivity contribution is 5.90. The molecule has 11 heavy (non-hydrogen) atoms. The zero-order chi connectivity index (χ0) is 8.43. The van der Waals surface area contributed by atoms with Gasteiger partial charge in [0, 0.05) is 6.42 Å². The van der Waals surface area contributed by atoms with Gasteiger partial charge in [-0.3, -0.25) is 0 Å². The average molecular weight is 156 g/mol. The van der Waals surface area contributed by atoms with E-state index in [9.17, 15) is 4.79 Å². The van der Waals surface area contributed by atoms with Gasteiger partial charge in [0.2, 0.25) is 0 Å². The summed E-state index contributed by atoms with van der Waals surface area (Å²) in [5, 5.41) is 26.3. The number of aliphatic carboxylic acids is 1. The van der Waals surface area contributed by atoms with Crippen LogP contribution in [0.1, 0.15) is 6.42 Å². The largest absolute Gasteiger partial charge is 0.511 e. The molecule has 0 saturated carbocycles. The molecule has 1 atom stereocenters. The van der Waals surface area contributed by atoms with E-state index in [0.717, 1.165) is 0 Å². The summed E-state index contributed by atoms with van der Waals surface area (Å²) in [4.78, 5) is 10.3. The molecule has 1 aliphatic rings. The van der Waals surface area contributed by atoms with Crippen LogP contribution in [0.2, 0.25) is 0 Å². The Balaban J connectivity index is 2.88. The van der Waals surface area contributed by atoms with Crippen LogP contribution < -0.4 is 0 Å². The summed E-state index contributed by atoms with van der Waals surface area (Å²) in [7, 11) is 0. The lowest BCUT2D eigenvalue weighted by Gasteiger charge is -2.11. The highest BCUT2D eigenvalue weighted by Gasteiger charge is 2.17. The summed E-state index contributed by atoms with van der Waals surface area (Å²) in [5.41, 5.74) is -0.143. The summed E-state index contributed by atoms with van der Waals surface area (Å²) < 4.78 is 0. The number of carboxylic acid groups (broad SMARTS) is 1. The summed E-state index contributed by atoms with van der Waals surface area (Å²) >= 11 is 0. The van der Waals surface area contributed by atoms with E-state index in [4.69, 9.17) is 15.3 Å². The normalized spacial score (nSPS) is 23.9. The average Bonchev–Trinajstić information content (AvgIpc) is 1.85. The Hall–Kier alpha value is -1.29. The van der Waals surface area contributed by atoms with Crippen LogP contribution in [-0.4, -0.2) is 27.4 Å². The van der Waals surface area contributed by atoms with Crippen LogP contribution in [0.25, 0.3) is 0 Å². The van der Waals surface area contributed by atoms with Gasteiger partial charge in [-0.25, -0.2) is 4.79 Å². The van der Waals surface area contributed by atoms with Gasteiger partial charge in [0.05, 0.1) is 11.7 Å². The Kier molecular flexibility index (Phi) is 1.96. The van der Waals surface area contributed by atoms with Crippen molar-refractivity contribution in [2.24, 2.45) is 0 Å². The second-order valence-corrected chi connectivity index (χ2v) is 2.30. The molecular formula is C7H8O4. The predicted octanol–water partition coefficient (Wildman–Crippen LogP) is 0.204. The molecule has 0 spiro atoms. The molecule has 0 heterocycles. The van der Waals surface area contributed by atoms with E-state index >= 15 is 0 Å². The fourth-order valence-corrected chi connectivity index (χ4v) is 0.874. The third kappa shape index (κ3) is 1.59. The van der Waals surface area contributed by atoms with Crippen molar-refractivity contribution in [3.8, 4) is 0 Å². The molecule has 0 aromatic rings. The minimum Gasteiger partial charge on any atom is -0.511 e. The lowest BCUT2D eigenvalue weighted by Crippen LogP contribution is -2.13. The Morgan fingerprint density at radius 1 is 1.64 bits per heavy atom. The molecule has 0 aliphatic heterocycles. The molecule has 0 saturated heterocycles. The van der Waals surface area contributed by atoms with Crippen LogP contribution in [0, 0.1) is 0 Å². The second kappa shape index (κ2) is 2.75. The molecular weight excluding hydrogens is 148 g/mol. The Morgan fingerprint density at radius 3 is 2.73 bits per heavy atom. The summed E-state index contributed by atoms with van der Waals surface area (Å²) in [6.45, 7) is 0. The molecule has 0 aromatic carbocycles. The minimum absolute atomic E-state index is 0.0157. The Morgan fingerprint density at radius 2 is 2.27 bits per heavy atom. The quantitative estimate of drug-likeness (QED) is 0.507. The number of aliphatic hydroxyl groups excluding tert-OH is 2. The third-order valence-electron chi connectivity index (χ3n) is 1.43. The van der Waals surface area contributed by atoms with Crippen molar-refractivity contribution >= 4 is 5.97 Å². The van der Waals surface area contributed by atoms with Gasteiger partial charge in [-0.2, -0.15) is 0 Å². The highest BCUT2D eigenvalue weighted by Crippen LogP contribution is 2.16. The lowest BCUT2D eigenvalue weighted by atomic mass is 10.0. The van der Waals surface area contributed by atoms with Gasteiger partial charge >= 0.3 is 5.97 Å². The molecule has 1 rings (SSSR count). The first-order valence-corrected chi connectivity index (χ1v) is 3.13. The molecule has 0 bridgehead atoms. The molecule has 1 unspecified atom stereocenters. The summed E-state index contributed by atoms with van der Waals surface area (Å²) in [6, 6.07) is 0. The maximum absolute atomic E-state index is 10.3. The van der Waals surface area contributed by atoms with Gasteiger partial charge in [0.25, 0.3) is 0 Å². The van der Waals surface area contributed by atoms with E-state index in [-0.39, 0.29) is 17.8 Å². The van der Waals surface area contributed by atoms with Crippen molar-refractivity contribution in [3.63, 3.8) is 0 Å². The molecule has 1 aliphatic carbocycles. The second-order valence-electron chi connectivity index (χ2n) is 2.30. The standard InChI is InChI=1S/C7H8O4/c8-4-1-2-5(7(10)11)6(9)3-4/h1-2,4,8-9H,3H2,(H,10,11). The van der Waals surface area contributed by atoms with E-state index < -0.39 is 12.1 Å². The highest BCUT2D eigenvalue weighted by atomic mass is 16.4. The van der Waals surface area contributed by atoms with E-state index in [1.165, 1.54) is 12.2 Å². The maximum atomic E-state index is 10.3. The van der Waals surface area contributed by atoms with Crippen LogP contribution in [0.15, 0.2) is 23.5 Å². The van der Waals surface area contributed by atoms with E-state index in [2.05, 4.69) is 0 Å². The van der Waals surface area contributed by atoms with Crippen molar-refractivity contribution in [3.05, 3.63) is 23.5 Å². The fraction of sp³-hybridized carbons (Fsp3) is 0.286. The number of hydrogen-bond donors (Lipinski definition) is 3. The number of hydrogen-bond acceptors (Lipinski definition) is 3. The summed E-state index contributed by atoms with van der Waals surface area (Å²) in [6.07, 6.45) is 1.76. The van der Waals surface area contributed by atoms with Gasteiger partial charge in [-0.1, -0.05) is 6.08 Å². The first-order valence-electron chi connectivity index (χ1n) is 3.13. The molecule has 0 radical (unpaired) electrons. The van der Waals surface area contributed by atoms with Crippen molar-refractivity contribution < 1.29 is 20.1 Å². The van der Waals surface area contributed by atoms with Crippen LogP contribution >= 0.6 is 0 Å². The van der Waals surface area contributed by atoms with Gasteiger partial charge in [0.15, 0.2) is 0 Å². The van der Waals surface area contributed by atoms with Gasteiger partial charge in [-0.05, 0) is 6.08 Å². The topological polar surface area (TPSA) is 77.8 Å². The first-order chi connectivity index (χ1) is 5.11. The van der Waals surface area contributed by atoms with Crippen molar-refractivity contribution in [2.45, 2.75) is 12.5 Å². The smallest absolute Gasteiger partial charge is 0.339 e. The van der Waals surface area contributed by atoms with Gasteiger partial charge < -0.3 is 15.3 Å². The van der Waals surface area contributed by atoms with Crippen LogP contribution in [-0.2, 0) is 4.79 Å². The molecule has 60 valence electrons. The van der Waals surface area contributed by atoms with Crippen LogP contribution in [0.3, 0.4) is 0 Å². The molecule has 0 amide bonds. The SMILES string of the molecule is O=C(O)C1=C(O)CC(O)C=C1. The monoisotopic (exact) mass is 156 g/mol. The van der Waals surface area contributed by atoms with Crippen molar-refractivity contribution in [1.29, 1.82) is 0 Å². The molecule has 3 N–H and O–H groups in total. The lowest BCUT2D eigenvalue weighted by molar-refractivity contribution is -0.132. The number of carboxylic acids is 1. The minimum atomic E-state index is -1.18. The van der Waals surface area contributed by atoms with Gasteiger partial charge in [0.1, 0.15) is 5.76 Å². The van der Waals surface area contributed by atoms with Gasteiger partial charge in [-0.15, -0.1) is 0 Å². The number of carbonyl (C=O) groups is 1. The van der Waals surface area contributed by atoms with Crippen LogP contribution in [0.5, 0.6) is 0 Å². The third-order valence-corrected chi connectivity index (χ3v) is 1.43. The zero-order valence-corrected chi connectivity index (χ0v) is 5.69. The fourth-order valence-electron chi connectivity index (χ4n) is 0.874.